The molecule has 0 fully saturated rings. The van der Waals surface area contributed by atoms with Crippen molar-refractivity contribution in [1.29, 1.82) is 0 Å². The summed E-state index contributed by atoms with van der Waals surface area (Å²) in [5.41, 5.74) is 0.702. The number of aromatic nitrogens is 1. The molecule has 1 aromatic carbocycles. The monoisotopic (exact) mass is 235 g/mol. The van der Waals surface area contributed by atoms with E-state index in [2.05, 4.69) is 5.16 Å². The third-order valence-corrected chi connectivity index (χ3v) is 2.54. The van der Waals surface area contributed by atoms with Crippen molar-refractivity contribution in [1.82, 2.24) is 5.16 Å². The molecule has 88 valence electrons. The molecule has 0 bridgehead atoms. The van der Waals surface area contributed by atoms with Gasteiger partial charge in [0.25, 0.3) is 0 Å². The van der Waals surface area contributed by atoms with Gasteiger partial charge < -0.3 is 9.63 Å². The van der Waals surface area contributed by atoms with Gasteiger partial charge in [-0.05, 0) is 17.7 Å². The fourth-order valence-corrected chi connectivity index (χ4v) is 1.51. The molecule has 0 aliphatic rings. The van der Waals surface area contributed by atoms with Crippen LogP contribution in [0.15, 0.2) is 34.9 Å². The molecule has 0 saturated carbocycles. The van der Waals surface area contributed by atoms with Crippen molar-refractivity contribution in [2.75, 3.05) is 0 Å². The Morgan fingerprint density at radius 3 is 2.59 bits per heavy atom. The highest BCUT2D eigenvalue weighted by molar-refractivity contribution is 5.85. The van der Waals surface area contributed by atoms with Crippen LogP contribution in [-0.4, -0.2) is 16.2 Å². The molecule has 1 unspecified atom stereocenters. The zero-order chi connectivity index (χ0) is 12.4. The SMILES string of the molecule is CC(c1ccc(F)cc1)c1cc(C(=O)O)no1. The van der Waals surface area contributed by atoms with Gasteiger partial charge in [-0.25, -0.2) is 9.18 Å². The molecule has 4 nitrogen and oxygen atoms in total. The molecular weight excluding hydrogens is 225 g/mol. The maximum Gasteiger partial charge on any atom is 0.358 e. The normalized spacial score (nSPS) is 12.4. The number of aromatic carboxylic acids is 1. The maximum atomic E-state index is 12.7. The Bertz CT molecular complexity index is 533. The fraction of sp³-hybridized carbons (Fsp3) is 0.167. The molecule has 2 rings (SSSR count). The number of carbonyl (C=O) groups is 1. The average molecular weight is 235 g/mol. The first-order valence-electron chi connectivity index (χ1n) is 5.03. The molecule has 0 saturated heterocycles. The van der Waals surface area contributed by atoms with Crippen LogP contribution >= 0.6 is 0 Å². The molecule has 17 heavy (non-hydrogen) atoms. The van der Waals surface area contributed by atoms with Gasteiger partial charge in [0.05, 0.1) is 0 Å². The minimum Gasteiger partial charge on any atom is -0.476 e. The zero-order valence-corrected chi connectivity index (χ0v) is 9.05. The van der Waals surface area contributed by atoms with E-state index in [0.29, 0.717) is 5.76 Å². The summed E-state index contributed by atoms with van der Waals surface area (Å²) in [6, 6.07) is 7.32. The molecule has 1 N–H and O–H groups in total. The standard InChI is InChI=1S/C12H10FNO3/c1-7(8-2-4-9(13)5-3-8)11-6-10(12(15)16)14-17-11/h2-7H,1H3,(H,15,16). The quantitative estimate of drug-likeness (QED) is 0.888. The third kappa shape index (κ3) is 2.33. The topological polar surface area (TPSA) is 63.3 Å². The van der Waals surface area contributed by atoms with Gasteiger partial charge in [0.1, 0.15) is 11.6 Å². The Morgan fingerprint density at radius 2 is 2.06 bits per heavy atom. The van der Waals surface area contributed by atoms with Crippen molar-refractivity contribution >= 4 is 5.97 Å². The Kier molecular flexibility index (Phi) is 2.91. The van der Waals surface area contributed by atoms with Gasteiger partial charge in [0.15, 0.2) is 5.69 Å². The van der Waals surface area contributed by atoms with Crippen LogP contribution in [-0.2, 0) is 0 Å². The Labute approximate surface area is 96.7 Å². The predicted octanol–water partition coefficient (Wildman–Crippen LogP) is 2.66. The summed E-state index contributed by atoms with van der Waals surface area (Å²) in [6.45, 7) is 1.83. The summed E-state index contributed by atoms with van der Waals surface area (Å²) >= 11 is 0. The van der Waals surface area contributed by atoms with Crippen molar-refractivity contribution < 1.29 is 18.8 Å². The van der Waals surface area contributed by atoms with Crippen molar-refractivity contribution in [2.45, 2.75) is 12.8 Å². The van der Waals surface area contributed by atoms with Gasteiger partial charge in [-0.15, -0.1) is 0 Å². The van der Waals surface area contributed by atoms with Crippen LogP contribution in [0.2, 0.25) is 0 Å². The molecule has 0 aliphatic carbocycles. The molecule has 0 amide bonds. The summed E-state index contributed by atoms with van der Waals surface area (Å²) < 4.78 is 17.7. The van der Waals surface area contributed by atoms with Crippen molar-refractivity contribution in [3.05, 3.63) is 53.2 Å². The van der Waals surface area contributed by atoms with Crippen LogP contribution in [0, 0.1) is 5.82 Å². The second kappa shape index (κ2) is 4.37. The summed E-state index contributed by atoms with van der Waals surface area (Å²) in [5, 5.41) is 12.1. The van der Waals surface area contributed by atoms with Gasteiger partial charge in [0, 0.05) is 12.0 Å². The molecule has 2 aromatic rings. The van der Waals surface area contributed by atoms with Gasteiger partial charge in [0.2, 0.25) is 0 Å². The molecule has 0 spiro atoms. The third-order valence-electron chi connectivity index (χ3n) is 2.54. The average Bonchev–Trinajstić information content (AvgIpc) is 2.78. The first-order chi connectivity index (χ1) is 8.08. The van der Waals surface area contributed by atoms with Gasteiger partial charge in [-0.3, -0.25) is 0 Å². The van der Waals surface area contributed by atoms with E-state index in [1.54, 1.807) is 12.1 Å². The van der Waals surface area contributed by atoms with Crippen molar-refractivity contribution in [3.8, 4) is 0 Å². The zero-order valence-electron chi connectivity index (χ0n) is 9.05. The summed E-state index contributed by atoms with van der Waals surface area (Å²) in [4.78, 5) is 10.6. The number of rotatable bonds is 3. The Balaban J connectivity index is 2.27. The van der Waals surface area contributed by atoms with Crippen LogP contribution in [0.3, 0.4) is 0 Å². The van der Waals surface area contributed by atoms with Crippen LogP contribution in [0.4, 0.5) is 4.39 Å². The Morgan fingerprint density at radius 1 is 1.41 bits per heavy atom. The van der Waals surface area contributed by atoms with E-state index in [9.17, 15) is 9.18 Å². The largest absolute Gasteiger partial charge is 0.476 e. The maximum absolute atomic E-state index is 12.7. The minimum absolute atomic E-state index is 0.131. The van der Waals surface area contributed by atoms with E-state index in [1.165, 1.54) is 18.2 Å². The van der Waals surface area contributed by atoms with Gasteiger partial charge in [-0.2, -0.15) is 0 Å². The second-order valence-corrected chi connectivity index (χ2v) is 3.69. The Hall–Kier alpha value is -2.17. The molecule has 1 atom stereocenters. The van der Waals surface area contributed by atoms with Crippen molar-refractivity contribution in [3.63, 3.8) is 0 Å². The minimum atomic E-state index is -1.13. The molecule has 0 radical (unpaired) electrons. The van der Waals surface area contributed by atoms with Gasteiger partial charge >= 0.3 is 5.97 Å². The molecule has 0 aliphatic heterocycles. The van der Waals surface area contributed by atoms with E-state index in [1.807, 2.05) is 6.92 Å². The number of carboxylic acids is 1. The first kappa shape index (κ1) is 11.3. The number of nitrogens with zero attached hydrogens (tertiary/aromatic N) is 1. The van der Waals surface area contributed by atoms with E-state index < -0.39 is 5.97 Å². The second-order valence-electron chi connectivity index (χ2n) is 3.69. The highest BCUT2D eigenvalue weighted by Crippen LogP contribution is 2.24. The van der Waals surface area contributed by atoms with Crippen LogP contribution in [0.1, 0.15) is 34.7 Å². The lowest BCUT2D eigenvalue weighted by Crippen LogP contribution is -1.96. The van der Waals surface area contributed by atoms with E-state index in [0.717, 1.165) is 5.56 Å². The smallest absolute Gasteiger partial charge is 0.358 e. The van der Waals surface area contributed by atoms with Crippen LogP contribution in [0.5, 0.6) is 0 Å². The lowest BCUT2D eigenvalue weighted by molar-refractivity contribution is 0.0685. The number of hydrogen-bond donors (Lipinski definition) is 1. The van der Waals surface area contributed by atoms with Crippen molar-refractivity contribution in [2.24, 2.45) is 0 Å². The lowest BCUT2D eigenvalue weighted by atomic mass is 9.98. The first-order valence-corrected chi connectivity index (χ1v) is 5.03. The predicted molar refractivity (Wildman–Crippen MR) is 57.4 cm³/mol. The molecule has 5 heteroatoms. The number of halogens is 1. The number of hydrogen-bond acceptors (Lipinski definition) is 3. The number of benzene rings is 1. The highest BCUT2D eigenvalue weighted by atomic mass is 19.1. The van der Waals surface area contributed by atoms with E-state index in [4.69, 9.17) is 9.63 Å². The highest BCUT2D eigenvalue weighted by Gasteiger charge is 2.17. The molecule has 1 heterocycles. The summed E-state index contributed by atoms with van der Waals surface area (Å²) in [5.74, 6) is -1.18. The molecule has 1 aromatic heterocycles. The van der Waals surface area contributed by atoms with Crippen LogP contribution < -0.4 is 0 Å². The van der Waals surface area contributed by atoms with Gasteiger partial charge in [-0.1, -0.05) is 24.2 Å². The number of carboxylic acid groups (broad SMARTS) is 1. The van der Waals surface area contributed by atoms with E-state index >= 15 is 0 Å². The van der Waals surface area contributed by atoms with E-state index in [-0.39, 0.29) is 17.4 Å². The van der Waals surface area contributed by atoms with Crippen LogP contribution in [0.25, 0.3) is 0 Å². The lowest BCUT2D eigenvalue weighted by Gasteiger charge is -2.06. The summed E-state index contributed by atoms with van der Waals surface area (Å²) in [6.07, 6.45) is 0. The molecular formula is C12H10FNO3. The summed E-state index contributed by atoms with van der Waals surface area (Å²) in [7, 11) is 0. The fourth-order valence-electron chi connectivity index (χ4n) is 1.51.